The van der Waals surface area contributed by atoms with Gasteiger partial charge in [-0.3, -0.25) is 4.98 Å². The highest BCUT2D eigenvalue weighted by Gasteiger charge is 1.99. The normalized spacial score (nSPS) is 10.4. The quantitative estimate of drug-likeness (QED) is 0.800. The number of aliphatic hydroxyl groups is 1. The van der Waals surface area contributed by atoms with Gasteiger partial charge in [-0.2, -0.15) is 0 Å². The van der Waals surface area contributed by atoms with Crippen molar-refractivity contribution in [3.63, 3.8) is 0 Å². The van der Waals surface area contributed by atoms with Crippen molar-refractivity contribution in [3.05, 3.63) is 54.2 Å². The maximum absolute atomic E-state index is 8.64. The van der Waals surface area contributed by atoms with Gasteiger partial charge in [0.05, 0.1) is 25.5 Å². The Labute approximate surface area is 101 Å². The molecule has 0 aliphatic carbocycles. The molecule has 0 atom stereocenters. The summed E-state index contributed by atoms with van der Waals surface area (Å²) in [5.41, 5.74) is 3.12. The van der Waals surface area contributed by atoms with Crippen molar-refractivity contribution in [2.24, 2.45) is 0 Å². The molecule has 0 fully saturated rings. The van der Waals surface area contributed by atoms with Crippen molar-refractivity contribution in [2.75, 3.05) is 13.2 Å². The summed E-state index contributed by atoms with van der Waals surface area (Å²) in [5.74, 6) is 0. The Morgan fingerprint density at radius 3 is 2.82 bits per heavy atom. The molecule has 1 heterocycles. The lowest BCUT2D eigenvalue weighted by molar-refractivity contribution is 0.0816. The van der Waals surface area contributed by atoms with Gasteiger partial charge in [0, 0.05) is 11.8 Å². The fourth-order valence-corrected chi connectivity index (χ4v) is 1.61. The highest BCUT2D eigenvalue weighted by atomic mass is 16.5. The van der Waals surface area contributed by atoms with Gasteiger partial charge < -0.3 is 9.84 Å². The highest BCUT2D eigenvalue weighted by molar-refractivity contribution is 5.59. The Morgan fingerprint density at radius 1 is 1.12 bits per heavy atom. The maximum atomic E-state index is 8.64. The number of benzene rings is 1. The summed E-state index contributed by atoms with van der Waals surface area (Å²) in [5, 5.41) is 8.64. The van der Waals surface area contributed by atoms with Gasteiger partial charge in [0.25, 0.3) is 0 Å². The topological polar surface area (TPSA) is 42.4 Å². The average Bonchev–Trinajstić information content (AvgIpc) is 2.41. The molecule has 1 N–H and O–H groups in total. The number of nitrogens with zero attached hydrogens (tertiary/aromatic N) is 1. The van der Waals surface area contributed by atoms with Gasteiger partial charge >= 0.3 is 0 Å². The third-order valence-electron chi connectivity index (χ3n) is 2.39. The van der Waals surface area contributed by atoms with Gasteiger partial charge in [-0.25, -0.2) is 0 Å². The van der Waals surface area contributed by atoms with Crippen LogP contribution in [0.25, 0.3) is 11.3 Å². The zero-order valence-corrected chi connectivity index (χ0v) is 9.54. The van der Waals surface area contributed by atoms with E-state index in [9.17, 15) is 0 Å². The number of aromatic nitrogens is 1. The summed E-state index contributed by atoms with van der Waals surface area (Å²) in [6, 6.07) is 13.9. The lowest BCUT2D eigenvalue weighted by Crippen LogP contribution is -1.99. The van der Waals surface area contributed by atoms with Crippen molar-refractivity contribution in [1.29, 1.82) is 0 Å². The van der Waals surface area contributed by atoms with E-state index in [4.69, 9.17) is 9.84 Å². The lowest BCUT2D eigenvalue weighted by Gasteiger charge is -2.05. The van der Waals surface area contributed by atoms with Gasteiger partial charge in [-0.1, -0.05) is 24.3 Å². The molecule has 0 spiro atoms. The Morgan fingerprint density at radius 2 is 2.06 bits per heavy atom. The monoisotopic (exact) mass is 229 g/mol. The van der Waals surface area contributed by atoms with Crippen LogP contribution >= 0.6 is 0 Å². The number of aliphatic hydroxyl groups excluding tert-OH is 1. The largest absolute Gasteiger partial charge is 0.394 e. The number of pyridine rings is 1. The maximum Gasteiger partial charge on any atom is 0.0718 e. The second-order valence-corrected chi connectivity index (χ2v) is 3.69. The third kappa shape index (κ3) is 3.37. The second kappa shape index (κ2) is 6.13. The minimum atomic E-state index is 0.0555. The van der Waals surface area contributed by atoms with Gasteiger partial charge in [0.2, 0.25) is 0 Å². The lowest BCUT2D eigenvalue weighted by atomic mass is 10.1. The Bertz CT molecular complexity index is 457. The molecule has 0 aliphatic rings. The highest BCUT2D eigenvalue weighted by Crippen LogP contribution is 2.17. The average molecular weight is 229 g/mol. The Hall–Kier alpha value is -1.71. The number of ether oxygens (including phenoxy) is 1. The fourth-order valence-electron chi connectivity index (χ4n) is 1.61. The molecule has 3 nitrogen and oxygen atoms in total. The first-order valence-electron chi connectivity index (χ1n) is 5.59. The summed E-state index contributed by atoms with van der Waals surface area (Å²) in [7, 11) is 0. The first-order chi connectivity index (χ1) is 8.40. The van der Waals surface area contributed by atoms with Crippen LogP contribution in [0.2, 0.25) is 0 Å². The smallest absolute Gasteiger partial charge is 0.0718 e. The van der Waals surface area contributed by atoms with Gasteiger partial charge in [-0.05, 0) is 23.8 Å². The van der Waals surface area contributed by atoms with E-state index < -0.39 is 0 Å². The van der Waals surface area contributed by atoms with Crippen molar-refractivity contribution in [3.8, 4) is 11.3 Å². The fraction of sp³-hybridized carbons (Fsp3) is 0.214. The molecule has 2 rings (SSSR count). The second-order valence-electron chi connectivity index (χ2n) is 3.69. The van der Waals surface area contributed by atoms with Crippen LogP contribution in [0, 0.1) is 0 Å². The first kappa shape index (κ1) is 11.8. The molecular formula is C14H15NO2. The molecular weight excluding hydrogens is 214 g/mol. The third-order valence-corrected chi connectivity index (χ3v) is 2.39. The molecule has 17 heavy (non-hydrogen) atoms. The standard InChI is InChI=1S/C14H15NO2/c16-8-9-17-11-12-4-3-5-13(10-12)14-6-1-2-7-15-14/h1-7,10,16H,8-9,11H2. The van der Waals surface area contributed by atoms with E-state index in [1.165, 1.54) is 0 Å². The van der Waals surface area contributed by atoms with Crippen molar-refractivity contribution in [2.45, 2.75) is 6.61 Å². The minimum Gasteiger partial charge on any atom is -0.394 e. The molecule has 0 saturated heterocycles. The molecule has 1 aromatic carbocycles. The van der Waals surface area contributed by atoms with Crippen molar-refractivity contribution in [1.82, 2.24) is 4.98 Å². The number of rotatable bonds is 5. The van der Waals surface area contributed by atoms with Gasteiger partial charge in [-0.15, -0.1) is 0 Å². The van der Waals surface area contributed by atoms with Crippen LogP contribution in [0.4, 0.5) is 0 Å². The molecule has 88 valence electrons. The minimum absolute atomic E-state index is 0.0555. The summed E-state index contributed by atoms with van der Waals surface area (Å²) in [6.07, 6.45) is 1.78. The zero-order valence-electron chi connectivity index (χ0n) is 9.54. The molecule has 0 amide bonds. The van der Waals surface area contributed by atoms with Crippen LogP contribution in [0.1, 0.15) is 5.56 Å². The molecule has 3 heteroatoms. The summed E-state index contributed by atoms with van der Waals surface area (Å²) < 4.78 is 5.29. The summed E-state index contributed by atoms with van der Waals surface area (Å²) >= 11 is 0. The van der Waals surface area contributed by atoms with Gasteiger partial charge in [0.1, 0.15) is 0 Å². The van der Waals surface area contributed by atoms with Crippen LogP contribution in [0.15, 0.2) is 48.7 Å². The molecule has 0 unspecified atom stereocenters. The summed E-state index contributed by atoms with van der Waals surface area (Å²) in [4.78, 5) is 4.31. The number of hydrogen-bond donors (Lipinski definition) is 1. The van der Waals surface area contributed by atoms with E-state index >= 15 is 0 Å². The van der Waals surface area contributed by atoms with Crippen LogP contribution in [-0.2, 0) is 11.3 Å². The Kier molecular flexibility index (Phi) is 4.24. The van der Waals surface area contributed by atoms with Crippen LogP contribution in [-0.4, -0.2) is 23.3 Å². The van der Waals surface area contributed by atoms with E-state index in [-0.39, 0.29) is 6.61 Å². The van der Waals surface area contributed by atoms with Gasteiger partial charge in [0.15, 0.2) is 0 Å². The molecule has 0 radical (unpaired) electrons. The predicted molar refractivity (Wildman–Crippen MR) is 66.4 cm³/mol. The molecule has 0 aliphatic heterocycles. The van der Waals surface area contributed by atoms with Crippen molar-refractivity contribution >= 4 is 0 Å². The molecule has 1 aromatic heterocycles. The predicted octanol–water partition coefficient (Wildman–Crippen LogP) is 2.26. The van der Waals surface area contributed by atoms with E-state index in [2.05, 4.69) is 11.1 Å². The Balaban J connectivity index is 2.12. The van der Waals surface area contributed by atoms with E-state index in [1.54, 1.807) is 6.20 Å². The van der Waals surface area contributed by atoms with E-state index in [1.807, 2.05) is 36.4 Å². The van der Waals surface area contributed by atoms with Crippen molar-refractivity contribution < 1.29 is 9.84 Å². The molecule has 2 aromatic rings. The van der Waals surface area contributed by atoms with E-state index in [0.29, 0.717) is 13.2 Å². The first-order valence-corrected chi connectivity index (χ1v) is 5.59. The van der Waals surface area contributed by atoms with Crippen LogP contribution in [0.5, 0.6) is 0 Å². The SMILES string of the molecule is OCCOCc1cccc(-c2ccccn2)c1. The van der Waals surface area contributed by atoms with Crippen LogP contribution in [0.3, 0.4) is 0 Å². The molecule has 0 bridgehead atoms. The molecule has 0 saturated carbocycles. The van der Waals surface area contributed by atoms with Crippen LogP contribution < -0.4 is 0 Å². The zero-order chi connectivity index (χ0) is 11.9. The number of hydrogen-bond acceptors (Lipinski definition) is 3. The summed E-state index contributed by atoms with van der Waals surface area (Å²) in [6.45, 7) is 0.939. The van der Waals surface area contributed by atoms with E-state index in [0.717, 1.165) is 16.8 Å².